The number of phenols is 2. The van der Waals surface area contributed by atoms with Gasteiger partial charge in [-0.3, -0.25) is 0 Å². The monoisotopic (exact) mass is 284 g/mol. The Labute approximate surface area is 120 Å². The number of nitrogens with zero attached hydrogens (tertiary/aromatic N) is 2. The molecule has 0 bridgehead atoms. The first-order chi connectivity index (χ1) is 9.33. The molecule has 0 aliphatic carbocycles. The van der Waals surface area contributed by atoms with E-state index in [0.29, 0.717) is 24.2 Å². The summed E-state index contributed by atoms with van der Waals surface area (Å²) >= 11 is 0. The number of hydrogen-bond donors (Lipinski definition) is 2. The summed E-state index contributed by atoms with van der Waals surface area (Å²) in [6.45, 7) is 0.903. The largest absolute Gasteiger partial charge is 0.507 e. The first-order valence-electron chi connectivity index (χ1n) is 6.30. The third-order valence-electron chi connectivity index (χ3n) is 2.91. The maximum absolute atomic E-state index is 10.5. The number of phenolic OH excluding ortho intramolecular Hbond substituents is 2. The van der Waals surface area contributed by atoms with Gasteiger partial charge in [-0.25, -0.2) is 0 Å². The lowest BCUT2D eigenvalue weighted by atomic mass is 10.0. The fourth-order valence-corrected chi connectivity index (χ4v) is 2.15. The van der Waals surface area contributed by atoms with Crippen molar-refractivity contribution in [2.24, 2.45) is 0 Å². The van der Waals surface area contributed by atoms with Gasteiger partial charge in [0.15, 0.2) is 11.5 Å². The third-order valence-corrected chi connectivity index (χ3v) is 2.91. The fraction of sp³-hybridized carbons (Fsp3) is 0.571. The van der Waals surface area contributed by atoms with E-state index >= 15 is 0 Å². The highest BCUT2D eigenvalue weighted by molar-refractivity contribution is 5.65. The average Bonchev–Trinajstić information content (AvgIpc) is 2.35. The Bertz CT molecular complexity index is 434. The lowest BCUT2D eigenvalue weighted by Gasteiger charge is -2.22. The van der Waals surface area contributed by atoms with E-state index in [9.17, 15) is 10.2 Å². The summed E-state index contributed by atoms with van der Waals surface area (Å²) in [6.07, 6.45) is 0. The van der Waals surface area contributed by atoms with Crippen LogP contribution in [0.2, 0.25) is 0 Å². The van der Waals surface area contributed by atoms with E-state index in [1.165, 1.54) is 14.2 Å². The van der Waals surface area contributed by atoms with E-state index < -0.39 is 0 Å². The van der Waals surface area contributed by atoms with Crippen LogP contribution in [0.25, 0.3) is 0 Å². The summed E-state index contributed by atoms with van der Waals surface area (Å²) < 4.78 is 10.5. The van der Waals surface area contributed by atoms with Crippen LogP contribution in [0.1, 0.15) is 11.1 Å². The van der Waals surface area contributed by atoms with Crippen molar-refractivity contribution >= 4 is 0 Å². The molecule has 1 aromatic rings. The van der Waals surface area contributed by atoms with Crippen molar-refractivity contribution in [1.82, 2.24) is 9.80 Å². The Morgan fingerprint density at radius 2 is 1.10 bits per heavy atom. The first-order valence-corrected chi connectivity index (χ1v) is 6.30. The molecule has 0 spiro atoms. The van der Waals surface area contributed by atoms with Crippen molar-refractivity contribution in [3.8, 4) is 23.0 Å². The molecular formula is C14H24N2O4. The second kappa shape index (κ2) is 6.67. The fourth-order valence-electron chi connectivity index (χ4n) is 2.15. The summed E-state index contributed by atoms with van der Waals surface area (Å²) in [5.74, 6) is 0.506. The van der Waals surface area contributed by atoms with Crippen LogP contribution in [0.5, 0.6) is 23.0 Å². The van der Waals surface area contributed by atoms with Crippen LogP contribution in [0.3, 0.4) is 0 Å². The van der Waals surface area contributed by atoms with E-state index in [2.05, 4.69) is 0 Å². The van der Waals surface area contributed by atoms with Crippen LogP contribution in [-0.4, -0.2) is 62.4 Å². The van der Waals surface area contributed by atoms with Gasteiger partial charge >= 0.3 is 0 Å². The summed E-state index contributed by atoms with van der Waals surface area (Å²) in [5, 5.41) is 20.8. The highest BCUT2D eigenvalue weighted by atomic mass is 16.5. The van der Waals surface area contributed by atoms with Gasteiger partial charge in [0.2, 0.25) is 5.75 Å². The van der Waals surface area contributed by atoms with Gasteiger partial charge in [0.05, 0.1) is 25.3 Å². The Hall–Kier alpha value is -1.66. The molecule has 1 aromatic carbocycles. The summed E-state index contributed by atoms with van der Waals surface area (Å²) in [6, 6.07) is 0. The number of methoxy groups -OCH3 is 2. The second-order valence-electron chi connectivity index (χ2n) is 5.20. The smallest absolute Gasteiger partial charge is 0.201 e. The van der Waals surface area contributed by atoms with Crippen LogP contribution in [0.15, 0.2) is 0 Å². The number of rotatable bonds is 6. The molecule has 0 atom stereocenters. The minimum Gasteiger partial charge on any atom is -0.507 e. The Balaban J connectivity index is 3.54. The van der Waals surface area contributed by atoms with Gasteiger partial charge in [0.25, 0.3) is 0 Å². The maximum Gasteiger partial charge on any atom is 0.201 e. The lowest BCUT2D eigenvalue weighted by molar-refractivity contribution is 0.305. The molecule has 0 radical (unpaired) electrons. The highest BCUT2D eigenvalue weighted by Crippen LogP contribution is 2.48. The maximum atomic E-state index is 10.5. The van der Waals surface area contributed by atoms with Crippen molar-refractivity contribution in [3.63, 3.8) is 0 Å². The van der Waals surface area contributed by atoms with Crippen LogP contribution >= 0.6 is 0 Å². The molecule has 114 valence electrons. The van der Waals surface area contributed by atoms with E-state index in [1.807, 2.05) is 38.0 Å². The Kier molecular flexibility index (Phi) is 5.47. The number of benzene rings is 1. The molecule has 0 saturated heterocycles. The number of ether oxygens (including phenoxy) is 2. The molecule has 0 aliphatic rings. The van der Waals surface area contributed by atoms with Gasteiger partial charge in [0.1, 0.15) is 5.75 Å². The van der Waals surface area contributed by atoms with E-state index in [-0.39, 0.29) is 23.0 Å². The van der Waals surface area contributed by atoms with Gasteiger partial charge in [-0.1, -0.05) is 0 Å². The highest BCUT2D eigenvalue weighted by Gasteiger charge is 2.25. The summed E-state index contributed by atoms with van der Waals surface area (Å²) in [4.78, 5) is 3.78. The molecule has 0 unspecified atom stereocenters. The quantitative estimate of drug-likeness (QED) is 0.766. The van der Waals surface area contributed by atoms with Crippen LogP contribution in [-0.2, 0) is 13.1 Å². The average molecular weight is 284 g/mol. The molecule has 20 heavy (non-hydrogen) atoms. The Morgan fingerprint density at radius 1 is 0.750 bits per heavy atom. The van der Waals surface area contributed by atoms with Crippen molar-refractivity contribution in [2.75, 3.05) is 42.4 Å². The lowest BCUT2D eigenvalue weighted by Crippen LogP contribution is -2.15. The minimum atomic E-state index is -0.0819. The molecule has 0 aromatic heterocycles. The summed E-state index contributed by atoms with van der Waals surface area (Å²) in [5.41, 5.74) is 1.10. The van der Waals surface area contributed by atoms with E-state index in [1.54, 1.807) is 0 Å². The molecule has 0 amide bonds. The van der Waals surface area contributed by atoms with Gasteiger partial charge in [-0.05, 0) is 28.2 Å². The van der Waals surface area contributed by atoms with Crippen LogP contribution in [0, 0.1) is 0 Å². The molecule has 0 aliphatic heterocycles. The van der Waals surface area contributed by atoms with Crippen molar-refractivity contribution in [2.45, 2.75) is 13.1 Å². The molecule has 2 N–H and O–H groups in total. The number of aromatic hydroxyl groups is 2. The molecule has 6 nitrogen and oxygen atoms in total. The zero-order valence-electron chi connectivity index (χ0n) is 13.0. The zero-order valence-corrected chi connectivity index (χ0v) is 13.0. The SMILES string of the molecule is COc1c(O)c(OC)c(CN(C)C)c(O)c1CN(C)C. The predicted octanol–water partition coefficient (Wildman–Crippen LogP) is 1.24. The molecule has 6 heteroatoms. The topological polar surface area (TPSA) is 65.4 Å². The molecule has 0 heterocycles. The van der Waals surface area contributed by atoms with Crippen LogP contribution < -0.4 is 9.47 Å². The van der Waals surface area contributed by atoms with Crippen molar-refractivity contribution in [1.29, 1.82) is 0 Å². The van der Waals surface area contributed by atoms with Gasteiger partial charge in [-0.15, -0.1) is 0 Å². The normalized spacial score (nSPS) is 11.2. The Morgan fingerprint density at radius 3 is 1.35 bits per heavy atom. The molecule has 0 saturated carbocycles. The van der Waals surface area contributed by atoms with Crippen molar-refractivity contribution < 1.29 is 19.7 Å². The minimum absolute atomic E-state index is 0.0819. The predicted molar refractivity (Wildman–Crippen MR) is 77.7 cm³/mol. The zero-order chi connectivity index (χ0) is 15.4. The standard InChI is InChI=1S/C14H24N2O4/c1-15(2)7-9-11(17)10(8-16(3)4)14(20-6)12(18)13(9)19-5/h17-18H,7-8H2,1-6H3. The van der Waals surface area contributed by atoms with Gasteiger partial charge < -0.3 is 29.5 Å². The van der Waals surface area contributed by atoms with Crippen molar-refractivity contribution in [3.05, 3.63) is 11.1 Å². The van der Waals surface area contributed by atoms with E-state index in [0.717, 1.165) is 0 Å². The molecule has 1 rings (SSSR count). The van der Waals surface area contributed by atoms with Crippen LogP contribution in [0.4, 0.5) is 0 Å². The van der Waals surface area contributed by atoms with E-state index in [4.69, 9.17) is 9.47 Å². The molecule has 0 fully saturated rings. The van der Waals surface area contributed by atoms with Gasteiger partial charge in [-0.2, -0.15) is 0 Å². The third kappa shape index (κ3) is 3.26. The second-order valence-corrected chi connectivity index (χ2v) is 5.20. The van der Waals surface area contributed by atoms with Gasteiger partial charge in [0, 0.05) is 13.1 Å². The first kappa shape index (κ1) is 16.4. The molecular weight excluding hydrogens is 260 g/mol. The summed E-state index contributed by atoms with van der Waals surface area (Å²) in [7, 11) is 10.4. The number of hydrogen-bond acceptors (Lipinski definition) is 6.